The smallest absolute Gasteiger partial charge is 0.263 e. The van der Waals surface area contributed by atoms with Gasteiger partial charge in [-0.3, -0.25) is 19.5 Å². The molecule has 3 aromatic heterocycles. The third-order valence-electron chi connectivity index (χ3n) is 4.53. The van der Waals surface area contributed by atoms with Crippen LogP contribution in [0.1, 0.15) is 16.1 Å². The fraction of sp³-hybridized carbons (Fsp3) is 0.250. The van der Waals surface area contributed by atoms with Gasteiger partial charge in [0.2, 0.25) is 11.0 Å². The van der Waals surface area contributed by atoms with Gasteiger partial charge in [-0.15, -0.1) is 21.5 Å². The Bertz CT molecular complexity index is 1290. The van der Waals surface area contributed by atoms with E-state index in [1.807, 2.05) is 31.4 Å². The van der Waals surface area contributed by atoms with Gasteiger partial charge in [-0.2, -0.15) is 0 Å². The van der Waals surface area contributed by atoms with E-state index in [1.165, 1.54) is 33.6 Å². The maximum absolute atomic E-state index is 13.1. The van der Waals surface area contributed by atoms with Gasteiger partial charge in [0, 0.05) is 18.1 Å². The lowest BCUT2D eigenvalue weighted by molar-refractivity contribution is -0.116. The number of carbonyl (C=O) groups excluding carboxylic acids is 1. The molecule has 1 amide bonds. The topological polar surface area (TPSA) is 99.0 Å². The number of ether oxygens (including phenoxy) is 1. The SMILES string of the molecule is COCc1nnc(NC(=O)Cn2cnc3scc(-c4ccc(C)cc4C)c3c2=O)s1. The van der Waals surface area contributed by atoms with Crippen molar-refractivity contribution in [2.45, 2.75) is 27.0 Å². The van der Waals surface area contributed by atoms with Crippen LogP contribution in [0.25, 0.3) is 21.3 Å². The maximum Gasteiger partial charge on any atom is 0.263 e. The number of benzene rings is 1. The number of nitrogens with one attached hydrogen (secondary N) is 1. The van der Waals surface area contributed by atoms with Crippen molar-refractivity contribution in [2.75, 3.05) is 12.4 Å². The molecule has 4 aromatic rings. The lowest BCUT2D eigenvalue weighted by Gasteiger charge is -2.08. The Labute approximate surface area is 180 Å². The number of anilines is 1. The van der Waals surface area contributed by atoms with Gasteiger partial charge >= 0.3 is 0 Å². The van der Waals surface area contributed by atoms with Crippen molar-refractivity contribution in [3.8, 4) is 11.1 Å². The minimum absolute atomic E-state index is 0.164. The molecule has 0 spiro atoms. The Balaban J connectivity index is 1.63. The molecule has 4 rings (SSSR count). The molecule has 154 valence electrons. The molecule has 30 heavy (non-hydrogen) atoms. The standard InChI is InChI=1S/C20H19N5O3S2/c1-11-4-5-13(12(2)6-11)14-9-29-18-17(14)19(27)25(10-21-18)7-15(26)22-20-24-23-16(30-20)8-28-3/h4-6,9-10H,7-8H2,1-3H3,(H,22,24,26). The van der Waals surface area contributed by atoms with Gasteiger partial charge in [0.1, 0.15) is 23.0 Å². The number of thiophene rings is 1. The van der Waals surface area contributed by atoms with Crippen LogP contribution in [0.15, 0.2) is 34.7 Å². The number of fused-ring (bicyclic) bond motifs is 1. The summed E-state index contributed by atoms with van der Waals surface area (Å²) >= 11 is 2.65. The van der Waals surface area contributed by atoms with Gasteiger partial charge in [0.15, 0.2) is 0 Å². The second-order valence-corrected chi connectivity index (χ2v) is 8.73. The van der Waals surface area contributed by atoms with Crippen molar-refractivity contribution >= 4 is 43.9 Å². The zero-order chi connectivity index (χ0) is 21.3. The average molecular weight is 442 g/mol. The first-order chi connectivity index (χ1) is 14.5. The minimum Gasteiger partial charge on any atom is -0.377 e. The van der Waals surface area contributed by atoms with E-state index in [4.69, 9.17) is 4.74 Å². The van der Waals surface area contributed by atoms with E-state index in [9.17, 15) is 9.59 Å². The van der Waals surface area contributed by atoms with Gasteiger partial charge in [0.25, 0.3) is 5.56 Å². The molecule has 0 aliphatic heterocycles. The van der Waals surface area contributed by atoms with E-state index >= 15 is 0 Å². The summed E-state index contributed by atoms with van der Waals surface area (Å²) in [5.74, 6) is -0.373. The molecular formula is C20H19N5O3S2. The fourth-order valence-electron chi connectivity index (χ4n) is 3.19. The first-order valence-electron chi connectivity index (χ1n) is 9.11. The molecule has 0 aliphatic carbocycles. The summed E-state index contributed by atoms with van der Waals surface area (Å²) in [6, 6.07) is 6.12. The van der Waals surface area contributed by atoms with Gasteiger partial charge in [-0.25, -0.2) is 4.98 Å². The Morgan fingerprint density at radius 1 is 1.23 bits per heavy atom. The highest BCUT2D eigenvalue weighted by molar-refractivity contribution is 7.17. The number of aromatic nitrogens is 4. The van der Waals surface area contributed by atoms with E-state index in [2.05, 4.69) is 26.6 Å². The van der Waals surface area contributed by atoms with Crippen molar-refractivity contribution in [3.05, 3.63) is 56.4 Å². The number of amides is 1. The lowest BCUT2D eigenvalue weighted by Crippen LogP contribution is -2.27. The first kappa shape index (κ1) is 20.3. The van der Waals surface area contributed by atoms with E-state index in [0.29, 0.717) is 27.0 Å². The highest BCUT2D eigenvalue weighted by atomic mass is 32.1. The molecular weight excluding hydrogens is 422 g/mol. The number of aryl methyl sites for hydroxylation is 2. The minimum atomic E-state index is -0.373. The van der Waals surface area contributed by atoms with Gasteiger partial charge in [-0.1, -0.05) is 35.1 Å². The molecule has 0 saturated heterocycles. The van der Waals surface area contributed by atoms with Crippen LogP contribution in [0.2, 0.25) is 0 Å². The number of hydrogen-bond acceptors (Lipinski definition) is 8. The van der Waals surface area contributed by atoms with Crippen LogP contribution in [0.3, 0.4) is 0 Å². The number of rotatable bonds is 6. The molecule has 0 bridgehead atoms. The summed E-state index contributed by atoms with van der Waals surface area (Å²) < 4.78 is 6.31. The van der Waals surface area contributed by atoms with Crippen molar-refractivity contribution < 1.29 is 9.53 Å². The molecule has 1 aromatic carbocycles. The highest BCUT2D eigenvalue weighted by Crippen LogP contribution is 2.33. The number of nitrogens with zero attached hydrogens (tertiary/aromatic N) is 4. The average Bonchev–Trinajstić information content (AvgIpc) is 3.32. The predicted octanol–water partition coefficient (Wildman–Crippen LogP) is 3.38. The van der Waals surface area contributed by atoms with E-state index < -0.39 is 0 Å². The zero-order valence-electron chi connectivity index (χ0n) is 16.6. The van der Waals surface area contributed by atoms with Crippen molar-refractivity contribution in [2.24, 2.45) is 0 Å². The van der Waals surface area contributed by atoms with Crippen LogP contribution in [0.5, 0.6) is 0 Å². The summed E-state index contributed by atoms with van der Waals surface area (Å²) in [7, 11) is 1.56. The van der Waals surface area contributed by atoms with Gasteiger partial charge in [0.05, 0.1) is 11.7 Å². The predicted molar refractivity (Wildman–Crippen MR) is 118 cm³/mol. The van der Waals surface area contributed by atoms with Crippen molar-refractivity contribution in [1.29, 1.82) is 0 Å². The van der Waals surface area contributed by atoms with Crippen LogP contribution in [0, 0.1) is 13.8 Å². The summed E-state index contributed by atoms with van der Waals surface area (Å²) in [5.41, 5.74) is 3.84. The maximum atomic E-state index is 13.1. The molecule has 0 radical (unpaired) electrons. The second-order valence-electron chi connectivity index (χ2n) is 6.81. The van der Waals surface area contributed by atoms with Crippen LogP contribution in [-0.4, -0.2) is 32.8 Å². The summed E-state index contributed by atoms with van der Waals surface area (Å²) in [6.07, 6.45) is 1.41. The summed E-state index contributed by atoms with van der Waals surface area (Å²) in [6.45, 7) is 4.22. The normalized spacial score (nSPS) is 11.2. The highest BCUT2D eigenvalue weighted by Gasteiger charge is 2.16. The lowest BCUT2D eigenvalue weighted by atomic mass is 9.99. The molecule has 0 unspecified atom stereocenters. The molecule has 10 heteroatoms. The van der Waals surface area contributed by atoms with E-state index in [0.717, 1.165) is 22.3 Å². The Hall–Kier alpha value is -2.95. The summed E-state index contributed by atoms with van der Waals surface area (Å²) in [5, 5.41) is 14.0. The van der Waals surface area contributed by atoms with Crippen LogP contribution in [-0.2, 0) is 22.7 Å². The Morgan fingerprint density at radius 3 is 2.83 bits per heavy atom. The van der Waals surface area contributed by atoms with Crippen molar-refractivity contribution in [1.82, 2.24) is 19.7 Å². The summed E-state index contributed by atoms with van der Waals surface area (Å²) in [4.78, 5) is 30.6. The van der Waals surface area contributed by atoms with Crippen LogP contribution >= 0.6 is 22.7 Å². The fourth-order valence-corrected chi connectivity index (χ4v) is 4.82. The Morgan fingerprint density at radius 2 is 2.07 bits per heavy atom. The van der Waals surface area contributed by atoms with Crippen LogP contribution < -0.4 is 10.9 Å². The molecule has 0 saturated carbocycles. The molecule has 8 nitrogen and oxygen atoms in total. The quantitative estimate of drug-likeness (QED) is 0.492. The van der Waals surface area contributed by atoms with Gasteiger partial charge in [-0.05, 0) is 25.0 Å². The molecule has 0 fully saturated rings. The van der Waals surface area contributed by atoms with E-state index in [1.54, 1.807) is 7.11 Å². The second kappa shape index (κ2) is 8.42. The third-order valence-corrected chi connectivity index (χ3v) is 6.23. The first-order valence-corrected chi connectivity index (χ1v) is 10.8. The van der Waals surface area contributed by atoms with Crippen LogP contribution in [0.4, 0.5) is 5.13 Å². The van der Waals surface area contributed by atoms with Gasteiger partial charge < -0.3 is 4.74 Å². The van der Waals surface area contributed by atoms with Crippen molar-refractivity contribution in [3.63, 3.8) is 0 Å². The molecule has 0 aliphatic rings. The van der Waals surface area contributed by atoms with E-state index in [-0.39, 0.29) is 18.0 Å². The molecule has 1 N–H and O–H groups in total. The molecule has 0 atom stereocenters. The molecule has 3 heterocycles. The largest absolute Gasteiger partial charge is 0.377 e. The third kappa shape index (κ3) is 4.02. The zero-order valence-corrected chi connectivity index (χ0v) is 18.3. The number of carbonyl (C=O) groups is 1. The Kier molecular flexibility index (Phi) is 5.71. The number of methoxy groups -OCH3 is 1. The number of hydrogen-bond donors (Lipinski definition) is 1. The monoisotopic (exact) mass is 441 g/mol.